The van der Waals surface area contributed by atoms with Gasteiger partial charge in [-0.15, -0.1) is 0 Å². The first kappa shape index (κ1) is 16.4. The van der Waals surface area contributed by atoms with E-state index in [2.05, 4.69) is 23.5 Å². The van der Waals surface area contributed by atoms with Gasteiger partial charge in [0.2, 0.25) is 0 Å². The number of hydrogen-bond donors (Lipinski definition) is 1. The quantitative estimate of drug-likeness (QED) is 0.914. The first-order valence-electron chi connectivity index (χ1n) is 8.32. The maximum atomic E-state index is 12.3. The highest BCUT2D eigenvalue weighted by molar-refractivity contribution is 5.78. The van der Waals surface area contributed by atoms with Crippen LogP contribution in [0.4, 0.5) is 0 Å². The summed E-state index contributed by atoms with van der Waals surface area (Å²) >= 11 is 0. The number of benzene rings is 2. The number of carbonyl (C=O) groups excluding carboxylic acids is 1. The van der Waals surface area contributed by atoms with Crippen LogP contribution in [0.5, 0.6) is 11.5 Å². The number of aryl methyl sites for hydroxylation is 2. The van der Waals surface area contributed by atoms with E-state index >= 15 is 0 Å². The number of amides is 1. The lowest BCUT2D eigenvalue weighted by molar-refractivity contribution is -0.124. The molecular formula is C20H23NO3. The predicted octanol–water partition coefficient (Wildman–Crippen LogP) is 3.58. The highest BCUT2D eigenvalue weighted by atomic mass is 16.5. The van der Waals surface area contributed by atoms with Gasteiger partial charge in [-0.2, -0.15) is 0 Å². The van der Waals surface area contributed by atoms with Crippen molar-refractivity contribution in [2.75, 3.05) is 13.7 Å². The molecule has 126 valence electrons. The molecular weight excluding hydrogens is 302 g/mol. The lowest BCUT2D eigenvalue weighted by atomic mass is 9.88. The van der Waals surface area contributed by atoms with E-state index in [1.807, 2.05) is 31.2 Å². The second-order valence-corrected chi connectivity index (χ2v) is 6.15. The summed E-state index contributed by atoms with van der Waals surface area (Å²) in [4.78, 5) is 12.3. The summed E-state index contributed by atoms with van der Waals surface area (Å²) in [5.41, 5.74) is 3.64. The van der Waals surface area contributed by atoms with Crippen LogP contribution >= 0.6 is 0 Å². The van der Waals surface area contributed by atoms with Crippen molar-refractivity contribution < 1.29 is 14.3 Å². The number of ether oxygens (including phenoxy) is 2. The normalized spacial score (nSPS) is 16.2. The van der Waals surface area contributed by atoms with Crippen LogP contribution in [-0.4, -0.2) is 19.6 Å². The maximum absolute atomic E-state index is 12.3. The Hall–Kier alpha value is -2.49. The summed E-state index contributed by atoms with van der Waals surface area (Å²) in [7, 11) is 1.60. The topological polar surface area (TPSA) is 47.6 Å². The van der Waals surface area contributed by atoms with E-state index in [0.717, 1.165) is 24.8 Å². The van der Waals surface area contributed by atoms with Crippen molar-refractivity contribution in [1.82, 2.24) is 5.32 Å². The van der Waals surface area contributed by atoms with Crippen LogP contribution in [0.1, 0.15) is 35.6 Å². The van der Waals surface area contributed by atoms with Gasteiger partial charge in [-0.3, -0.25) is 4.79 Å². The van der Waals surface area contributed by atoms with Crippen molar-refractivity contribution >= 4 is 5.91 Å². The number of rotatable bonds is 5. The summed E-state index contributed by atoms with van der Waals surface area (Å²) < 4.78 is 10.9. The van der Waals surface area contributed by atoms with Gasteiger partial charge in [0.25, 0.3) is 5.91 Å². The Labute approximate surface area is 142 Å². The summed E-state index contributed by atoms with van der Waals surface area (Å²) in [6.45, 7) is 1.97. The SMILES string of the molecule is COc1cc(C)ccc1OCC(=O)N[C@H]1CCCc2ccccc21. The second-order valence-electron chi connectivity index (χ2n) is 6.15. The van der Waals surface area contributed by atoms with Gasteiger partial charge < -0.3 is 14.8 Å². The molecule has 1 aliphatic carbocycles. The van der Waals surface area contributed by atoms with Gasteiger partial charge in [-0.1, -0.05) is 30.3 Å². The minimum absolute atomic E-state index is 0.0158. The van der Waals surface area contributed by atoms with Crippen molar-refractivity contribution in [2.24, 2.45) is 0 Å². The van der Waals surface area contributed by atoms with Crippen molar-refractivity contribution in [3.8, 4) is 11.5 Å². The minimum Gasteiger partial charge on any atom is -0.493 e. The number of methoxy groups -OCH3 is 1. The molecule has 3 rings (SSSR count). The van der Waals surface area contributed by atoms with E-state index in [4.69, 9.17) is 9.47 Å². The zero-order valence-electron chi connectivity index (χ0n) is 14.2. The zero-order chi connectivity index (χ0) is 16.9. The number of nitrogens with one attached hydrogen (secondary N) is 1. The Balaban J connectivity index is 1.61. The summed E-state index contributed by atoms with van der Waals surface area (Å²) in [5, 5.41) is 3.09. The molecule has 0 aliphatic heterocycles. The molecule has 0 bridgehead atoms. The largest absolute Gasteiger partial charge is 0.493 e. The highest BCUT2D eigenvalue weighted by Gasteiger charge is 2.21. The Morgan fingerprint density at radius 2 is 2.04 bits per heavy atom. The smallest absolute Gasteiger partial charge is 0.258 e. The molecule has 0 saturated heterocycles. The van der Waals surface area contributed by atoms with Crippen LogP contribution in [0.15, 0.2) is 42.5 Å². The fourth-order valence-corrected chi connectivity index (χ4v) is 3.18. The zero-order valence-corrected chi connectivity index (χ0v) is 14.2. The number of fused-ring (bicyclic) bond motifs is 1. The average molecular weight is 325 g/mol. The third-order valence-corrected chi connectivity index (χ3v) is 4.38. The Kier molecular flexibility index (Phi) is 5.04. The van der Waals surface area contributed by atoms with E-state index in [0.29, 0.717) is 11.5 Å². The minimum atomic E-state index is -0.112. The van der Waals surface area contributed by atoms with Crippen LogP contribution < -0.4 is 14.8 Å². The number of hydrogen-bond acceptors (Lipinski definition) is 3. The molecule has 24 heavy (non-hydrogen) atoms. The van der Waals surface area contributed by atoms with Gasteiger partial charge in [0.1, 0.15) is 0 Å². The Morgan fingerprint density at radius 1 is 1.21 bits per heavy atom. The first-order valence-corrected chi connectivity index (χ1v) is 8.32. The molecule has 0 aromatic heterocycles. The first-order chi connectivity index (χ1) is 11.7. The Morgan fingerprint density at radius 3 is 2.88 bits per heavy atom. The molecule has 2 aromatic rings. The van der Waals surface area contributed by atoms with Crippen molar-refractivity contribution in [3.05, 3.63) is 59.2 Å². The monoisotopic (exact) mass is 325 g/mol. The predicted molar refractivity (Wildman–Crippen MR) is 93.5 cm³/mol. The maximum Gasteiger partial charge on any atom is 0.258 e. The highest BCUT2D eigenvalue weighted by Crippen LogP contribution is 2.30. The third kappa shape index (κ3) is 3.70. The van der Waals surface area contributed by atoms with Gasteiger partial charge in [-0.25, -0.2) is 0 Å². The van der Waals surface area contributed by atoms with Crippen LogP contribution in [0.25, 0.3) is 0 Å². The molecule has 4 heteroatoms. The summed E-state index contributed by atoms with van der Waals surface area (Å²) in [6, 6.07) is 14.1. The molecule has 1 N–H and O–H groups in total. The molecule has 1 amide bonds. The third-order valence-electron chi connectivity index (χ3n) is 4.38. The summed E-state index contributed by atoms with van der Waals surface area (Å²) in [5.74, 6) is 1.12. The van der Waals surface area contributed by atoms with E-state index in [-0.39, 0.29) is 18.6 Å². The molecule has 2 aromatic carbocycles. The summed E-state index contributed by atoms with van der Waals surface area (Å²) in [6.07, 6.45) is 3.14. The molecule has 0 spiro atoms. The van der Waals surface area contributed by atoms with Crippen LogP contribution in [0, 0.1) is 6.92 Å². The lowest BCUT2D eigenvalue weighted by Crippen LogP contribution is -2.34. The molecule has 1 aliphatic rings. The molecule has 0 radical (unpaired) electrons. The van der Waals surface area contributed by atoms with E-state index < -0.39 is 0 Å². The fourth-order valence-electron chi connectivity index (χ4n) is 3.18. The van der Waals surface area contributed by atoms with E-state index in [1.165, 1.54) is 11.1 Å². The van der Waals surface area contributed by atoms with Gasteiger partial charge in [0.05, 0.1) is 13.2 Å². The molecule has 4 nitrogen and oxygen atoms in total. The molecule has 0 unspecified atom stereocenters. The van der Waals surface area contributed by atoms with Gasteiger partial charge in [0.15, 0.2) is 18.1 Å². The van der Waals surface area contributed by atoms with Crippen molar-refractivity contribution in [1.29, 1.82) is 0 Å². The van der Waals surface area contributed by atoms with Crippen LogP contribution in [-0.2, 0) is 11.2 Å². The van der Waals surface area contributed by atoms with Crippen molar-refractivity contribution in [2.45, 2.75) is 32.2 Å². The van der Waals surface area contributed by atoms with E-state index in [1.54, 1.807) is 7.11 Å². The molecule has 0 fully saturated rings. The average Bonchev–Trinajstić information content (AvgIpc) is 2.61. The second kappa shape index (κ2) is 7.39. The van der Waals surface area contributed by atoms with Crippen LogP contribution in [0.3, 0.4) is 0 Å². The lowest BCUT2D eigenvalue weighted by Gasteiger charge is -2.26. The molecule has 0 saturated carbocycles. The van der Waals surface area contributed by atoms with Gasteiger partial charge in [0, 0.05) is 0 Å². The molecule has 0 heterocycles. The standard InChI is InChI=1S/C20H23NO3/c1-14-10-11-18(19(12-14)23-2)24-13-20(22)21-17-9-5-7-15-6-3-4-8-16(15)17/h3-4,6,8,10-12,17H,5,7,9,13H2,1-2H3,(H,21,22)/t17-/m0/s1. The van der Waals surface area contributed by atoms with Gasteiger partial charge in [-0.05, 0) is 55.0 Å². The van der Waals surface area contributed by atoms with Crippen molar-refractivity contribution in [3.63, 3.8) is 0 Å². The molecule has 1 atom stereocenters. The van der Waals surface area contributed by atoms with E-state index in [9.17, 15) is 4.79 Å². The fraction of sp³-hybridized carbons (Fsp3) is 0.350. The Bertz CT molecular complexity index is 727. The van der Waals surface area contributed by atoms with Crippen LogP contribution in [0.2, 0.25) is 0 Å². The van der Waals surface area contributed by atoms with Gasteiger partial charge >= 0.3 is 0 Å². The number of carbonyl (C=O) groups is 1.